The van der Waals surface area contributed by atoms with Gasteiger partial charge in [0.25, 0.3) is 0 Å². The van der Waals surface area contributed by atoms with Crippen LogP contribution < -0.4 is 10.6 Å². The molecule has 2 N–H and O–H groups in total. The second kappa shape index (κ2) is 5.19. The van der Waals surface area contributed by atoms with Crippen molar-refractivity contribution in [2.24, 2.45) is 5.92 Å². The zero-order valence-electron chi connectivity index (χ0n) is 13.3. The molecule has 1 fully saturated rings. The highest BCUT2D eigenvalue weighted by Crippen LogP contribution is 2.33. The number of nitrogens with zero attached hydrogens (tertiary/aromatic N) is 3. The zero-order chi connectivity index (χ0) is 15.1. The summed E-state index contributed by atoms with van der Waals surface area (Å²) in [5.41, 5.74) is 10.1. The summed E-state index contributed by atoms with van der Waals surface area (Å²) in [5, 5.41) is 1.16. The summed E-state index contributed by atoms with van der Waals surface area (Å²) < 4.78 is 0. The summed E-state index contributed by atoms with van der Waals surface area (Å²) >= 11 is 0. The Hall–Kier alpha value is -1.81. The van der Waals surface area contributed by atoms with Crippen LogP contribution in [0.25, 0.3) is 10.9 Å². The van der Waals surface area contributed by atoms with Crippen molar-refractivity contribution in [3.63, 3.8) is 0 Å². The maximum absolute atomic E-state index is 5.98. The number of nitrogens with two attached hydrogens (primary N) is 1. The first-order valence-electron chi connectivity index (χ1n) is 7.54. The van der Waals surface area contributed by atoms with Gasteiger partial charge in [0, 0.05) is 41.6 Å². The smallest absolute Gasteiger partial charge is 0.0727 e. The number of hydrogen-bond donors (Lipinski definition) is 1. The number of rotatable bonds is 2. The van der Waals surface area contributed by atoms with Gasteiger partial charge in [0.1, 0.15) is 0 Å². The van der Waals surface area contributed by atoms with Gasteiger partial charge in [-0.05, 0) is 51.2 Å². The summed E-state index contributed by atoms with van der Waals surface area (Å²) in [6, 6.07) is 8.77. The van der Waals surface area contributed by atoms with Crippen molar-refractivity contribution in [2.75, 3.05) is 37.8 Å². The molecule has 4 heteroatoms. The quantitative estimate of drug-likeness (QED) is 0.861. The van der Waals surface area contributed by atoms with Gasteiger partial charge in [0.2, 0.25) is 0 Å². The third kappa shape index (κ3) is 2.56. The lowest BCUT2D eigenvalue weighted by Crippen LogP contribution is -2.34. The average Bonchev–Trinajstić information content (AvgIpc) is 2.80. The van der Waals surface area contributed by atoms with Crippen LogP contribution in [0.1, 0.15) is 12.6 Å². The molecule has 1 aliphatic rings. The van der Waals surface area contributed by atoms with E-state index < -0.39 is 0 Å². The summed E-state index contributed by atoms with van der Waals surface area (Å²) in [7, 11) is 4.33. The molecule has 2 unspecified atom stereocenters. The highest BCUT2D eigenvalue weighted by molar-refractivity contribution is 5.94. The molecular formula is C17H24N4. The third-order valence-corrected chi connectivity index (χ3v) is 4.52. The molecule has 2 aromatic rings. The predicted octanol–water partition coefficient (Wildman–Crippen LogP) is 2.51. The largest absolute Gasteiger partial charge is 0.399 e. The normalized spacial score (nSPS) is 22.4. The number of pyridine rings is 1. The Labute approximate surface area is 126 Å². The lowest BCUT2D eigenvalue weighted by Gasteiger charge is -2.24. The second-order valence-electron chi connectivity index (χ2n) is 6.47. The fourth-order valence-electron chi connectivity index (χ4n) is 3.43. The predicted molar refractivity (Wildman–Crippen MR) is 89.7 cm³/mol. The van der Waals surface area contributed by atoms with Gasteiger partial charge in [0.05, 0.1) is 5.52 Å². The van der Waals surface area contributed by atoms with E-state index in [0.717, 1.165) is 35.4 Å². The number of fused-ring (bicyclic) bond motifs is 1. The van der Waals surface area contributed by atoms with Crippen LogP contribution in [0.4, 0.5) is 11.4 Å². The van der Waals surface area contributed by atoms with Gasteiger partial charge in [-0.2, -0.15) is 0 Å². The number of aryl methyl sites for hydroxylation is 1. The van der Waals surface area contributed by atoms with E-state index in [0.29, 0.717) is 12.0 Å². The Balaban J connectivity index is 2.06. The van der Waals surface area contributed by atoms with E-state index in [-0.39, 0.29) is 0 Å². The summed E-state index contributed by atoms with van der Waals surface area (Å²) in [6.45, 7) is 6.52. The Morgan fingerprint density at radius 1 is 1.24 bits per heavy atom. The SMILES string of the molecule is Cc1cc(N2CC(C)C(N(C)C)C2)c2cc(N)ccc2n1. The van der Waals surface area contributed by atoms with Gasteiger partial charge in [-0.25, -0.2) is 0 Å². The number of nitrogen functional groups attached to an aromatic ring is 1. The second-order valence-corrected chi connectivity index (χ2v) is 6.47. The van der Waals surface area contributed by atoms with E-state index in [2.05, 4.69) is 48.8 Å². The van der Waals surface area contributed by atoms with E-state index in [4.69, 9.17) is 5.73 Å². The van der Waals surface area contributed by atoms with Crippen molar-refractivity contribution >= 4 is 22.3 Å². The van der Waals surface area contributed by atoms with Crippen molar-refractivity contribution in [1.29, 1.82) is 0 Å². The fourth-order valence-corrected chi connectivity index (χ4v) is 3.43. The molecule has 1 aromatic heterocycles. The molecule has 4 nitrogen and oxygen atoms in total. The molecule has 3 rings (SSSR count). The molecule has 2 atom stereocenters. The summed E-state index contributed by atoms with van der Waals surface area (Å²) in [4.78, 5) is 9.44. The third-order valence-electron chi connectivity index (χ3n) is 4.52. The molecule has 0 bridgehead atoms. The van der Waals surface area contributed by atoms with Gasteiger partial charge in [-0.15, -0.1) is 0 Å². The van der Waals surface area contributed by atoms with E-state index in [1.165, 1.54) is 5.69 Å². The number of benzene rings is 1. The summed E-state index contributed by atoms with van der Waals surface area (Å²) in [5.74, 6) is 0.657. The van der Waals surface area contributed by atoms with Crippen molar-refractivity contribution in [3.05, 3.63) is 30.0 Å². The molecule has 112 valence electrons. The van der Waals surface area contributed by atoms with Gasteiger partial charge >= 0.3 is 0 Å². The summed E-state index contributed by atoms with van der Waals surface area (Å²) in [6.07, 6.45) is 0. The van der Waals surface area contributed by atoms with E-state index >= 15 is 0 Å². The first kappa shape index (κ1) is 14.1. The number of likely N-dealkylation sites (N-methyl/N-ethyl adjacent to an activating group) is 1. The fraction of sp³-hybridized carbons (Fsp3) is 0.471. The highest BCUT2D eigenvalue weighted by Gasteiger charge is 2.31. The molecule has 2 heterocycles. The van der Waals surface area contributed by atoms with Crippen LogP contribution in [0, 0.1) is 12.8 Å². The molecule has 21 heavy (non-hydrogen) atoms. The van der Waals surface area contributed by atoms with E-state index in [1.807, 2.05) is 18.2 Å². The van der Waals surface area contributed by atoms with Crippen LogP contribution in [0.2, 0.25) is 0 Å². The zero-order valence-corrected chi connectivity index (χ0v) is 13.3. The molecule has 0 spiro atoms. The molecule has 0 aliphatic carbocycles. The van der Waals surface area contributed by atoms with Crippen molar-refractivity contribution < 1.29 is 0 Å². The molecule has 0 radical (unpaired) electrons. The van der Waals surface area contributed by atoms with Gasteiger partial charge in [-0.1, -0.05) is 6.92 Å². The van der Waals surface area contributed by atoms with E-state index in [9.17, 15) is 0 Å². The molecular weight excluding hydrogens is 260 g/mol. The molecule has 1 saturated heterocycles. The topological polar surface area (TPSA) is 45.4 Å². The Morgan fingerprint density at radius 2 is 2.00 bits per heavy atom. The Bertz CT molecular complexity index is 665. The minimum Gasteiger partial charge on any atom is -0.399 e. The van der Waals surface area contributed by atoms with Crippen molar-refractivity contribution in [2.45, 2.75) is 19.9 Å². The van der Waals surface area contributed by atoms with Crippen LogP contribution >= 0.6 is 0 Å². The number of anilines is 2. The minimum absolute atomic E-state index is 0.592. The van der Waals surface area contributed by atoms with Crippen LogP contribution in [0.3, 0.4) is 0 Å². The number of hydrogen-bond acceptors (Lipinski definition) is 4. The Kier molecular flexibility index (Phi) is 3.49. The van der Waals surface area contributed by atoms with Crippen LogP contribution in [0.5, 0.6) is 0 Å². The average molecular weight is 284 g/mol. The first-order chi connectivity index (χ1) is 9.95. The van der Waals surface area contributed by atoms with Crippen molar-refractivity contribution in [3.8, 4) is 0 Å². The molecule has 1 aromatic carbocycles. The van der Waals surface area contributed by atoms with Crippen LogP contribution in [-0.4, -0.2) is 43.1 Å². The van der Waals surface area contributed by atoms with Crippen molar-refractivity contribution in [1.82, 2.24) is 9.88 Å². The maximum atomic E-state index is 5.98. The molecule has 1 aliphatic heterocycles. The van der Waals surface area contributed by atoms with Gasteiger partial charge in [0.15, 0.2) is 0 Å². The van der Waals surface area contributed by atoms with Gasteiger partial charge < -0.3 is 15.5 Å². The van der Waals surface area contributed by atoms with Crippen LogP contribution in [0.15, 0.2) is 24.3 Å². The highest BCUT2D eigenvalue weighted by atomic mass is 15.2. The Morgan fingerprint density at radius 3 is 2.67 bits per heavy atom. The maximum Gasteiger partial charge on any atom is 0.0727 e. The molecule has 0 amide bonds. The minimum atomic E-state index is 0.592. The van der Waals surface area contributed by atoms with Gasteiger partial charge in [-0.3, -0.25) is 4.98 Å². The monoisotopic (exact) mass is 284 g/mol. The standard InChI is InChI=1S/C17H24N4/c1-11-9-21(10-17(11)20(3)4)16-7-12(2)19-15-6-5-13(18)8-14(15)16/h5-8,11,17H,9-10,18H2,1-4H3. The molecule has 0 saturated carbocycles. The lowest BCUT2D eigenvalue weighted by atomic mass is 10.1. The van der Waals surface area contributed by atoms with E-state index in [1.54, 1.807) is 0 Å². The first-order valence-corrected chi connectivity index (χ1v) is 7.54. The lowest BCUT2D eigenvalue weighted by molar-refractivity contribution is 0.266. The number of aromatic nitrogens is 1. The van der Waals surface area contributed by atoms with Crippen LogP contribution in [-0.2, 0) is 0 Å².